The van der Waals surface area contributed by atoms with E-state index in [4.69, 9.17) is 0 Å². The van der Waals surface area contributed by atoms with Gasteiger partial charge in [0.25, 0.3) is 0 Å². The summed E-state index contributed by atoms with van der Waals surface area (Å²) < 4.78 is 7.53. The Hall–Kier alpha value is -7.62. The van der Waals surface area contributed by atoms with E-state index in [0.29, 0.717) is 0 Å². The summed E-state index contributed by atoms with van der Waals surface area (Å²) in [7, 11) is 0. The van der Waals surface area contributed by atoms with Crippen molar-refractivity contribution in [3.8, 4) is 39.3 Å². The highest BCUT2D eigenvalue weighted by Gasteiger charge is 2.28. The second-order valence-corrected chi connectivity index (χ2v) is 14.9. The number of hydrogen-bond acceptors (Lipinski definition) is 0. The summed E-state index contributed by atoms with van der Waals surface area (Å²) in [6.07, 6.45) is 0. The van der Waals surface area contributed by atoms with Crippen molar-refractivity contribution in [1.29, 1.82) is 0 Å². The van der Waals surface area contributed by atoms with Gasteiger partial charge >= 0.3 is 0 Å². The highest BCUT2D eigenvalue weighted by atomic mass is 15.1. The highest BCUT2D eigenvalue weighted by molar-refractivity contribution is 6.40. The Morgan fingerprint density at radius 1 is 0.211 bits per heavy atom. The molecule has 0 saturated heterocycles. The standard InChI is InChI=1S/C54H35N3/c1-4-16-36(17-5-1)38-28-32-41(33-29-38)55-46-25-13-10-22-43(46)49-50-44-23-11-14-26-47(44)57(42-34-30-39(31-35-42)37-18-6-2-7-19-37)53(50)54-51(52(49)55)45-24-12-15-27-48(45)56(54)40-20-8-3-9-21-40/h1-35H. The molecule has 3 nitrogen and oxygen atoms in total. The molecular formula is C54H35N3. The minimum atomic E-state index is 1.13. The van der Waals surface area contributed by atoms with Gasteiger partial charge in [-0.15, -0.1) is 0 Å². The van der Waals surface area contributed by atoms with Crippen molar-refractivity contribution in [3.63, 3.8) is 0 Å². The molecule has 0 unspecified atom stereocenters. The summed E-state index contributed by atoms with van der Waals surface area (Å²) in [5, 5.41) is 7.47. The van der Waals surface area contributed by atoms with Crippen LogP contribution < -0.4 is 0 Å². The lowest BCUT2D eigenvalue weighted by molar-refractivity contribution is 1.15. The van der Waals surface area contributed by atoms with E-state index in [9.17, 15) is 0 Å². The van der Waals surface area contributed by atoms with E-state index in [1.165, 1.54) is 87.7 Å². The van der Waals surface area contributed by atoms with Gasteiger partial charge in [-0.2, -0.15) is 0 Å². The average molecular weight is 726 g/mol. The van der Waals surface area contributed by atoms with E-state index in [1.54, 1.807) is 0 Å². The van der Waals surface area contributed by atoms with Crippen molar-refractivity contribution >= 4 is 65.4 Å². The van der Waals surface area contributed by atoms with Gasteiger partial charge in [-0.1, -0.05) is 158 Å². The van der Waals surface area contributed by atoms with Gasteiger partial charge in [0.1, 0.15) is 0 Å². The molecule has 57 heavy (non-hydrogen) atoms. The van der Waals surface area contributed by atoms with Crippen LogP contribution in [0.3, 0.4) is 0 Å². The summed E-state index contributed by atoms with van der Waals surface area (Å²) in [5.41, 5.74) is 15.4. The van der Waals surface area contributed by atoms with E-state index >= 15 is 0 Å². The number of rotatable bonds is 5. The minimum Gasteiger partial charge on any atom is -0.309 e. The lowest BCUT2D eigenvalue weighted by Crippen LogP contribution is -2.00. The maximum Gasteiger partial charge on any atom is 0.0810 e. The van der Waals surface area contributed by atoms with Crippen LogP contribution in [0.4, 0.5) is 0 Å². The van der Waals surface area contributed by atoms with Gasteiger partial charge in [-0.05, 0) is 76.9 Å². The Bertz CT molecular complexity index is 3460. The van der Waals surface area contributed by atoms with Crippen molar-refractivity contribution in [2.75, 3.05) is 0 Å². The molecule has 266 valence electrons. The molecule has 0 fully saturated rings. The molecule has 0 aliphatic carbocycles. The smallest absolute Gasteiger partial charge is 0.0810 e. The van der Waals surface area contributed by atoms with E-state index in [1.807, 2.05) is 0 Å². The topological polar surface area (TPSA) is 14.8 Å². The van der Waals surface area contributed by atoms with Crippen LogP contribution in [0.15, 0.2) is 212 Å². The third kappa shape index (κ3) is 4.66. The summed E-state index contributed by atoms with van der Waals surface area (Å²) in [6, 6.07) is 77.3. The van der Waals surface area contributed by atoms with Crippen LogP contribution in [-0.4, -0.2) is 13.7 Å². The fraction of sp³-hybridized carbons (Fsp3) is 0. The van der Waals surface area contributed by atoms with Gasteiger partial charge in [0.05, 0.1) is 33.1 Å². The first-order valence-electron chi connectivity index (χ1n) is 19.6. The molecule has 3 heterocycles. The van der Waals surface area contributed by atoms with Crippen molar-refractivity contribution in [1.82, 2.24) is 13.7 Å². The van der Waals surface area contributed by atoms with Crippen LogP contribution in [0.25, 0.3) is 105 Å². The van der Waals surface area contributed by atoms with Crippen LogP contribution in [0.1, 0.15) is 0 Å². The Labute approximate surface area is 329 Å². The van der Waals surface area contributed by atoms with Gasteiger partial charge < -0.3 is 13.7 Å². The van der Waals surface area contributed by atoms with Crippen molar-refractivity contribution in [2.45, 2.75) is 0 Å². The molecule has 0 atom stereocenters. The molecule has 0 saturated carbocycles. The molecule has 0 spiro atoms. The number of nitrogens with zero attached hydrogens (tertiary/aromatic N) is 3. The van der Waals surface area contributed by atoms with Gasteiger partial charge in [0.15, 0.2) is 0 Å². The normalized spacial score (nSPS) is 11.9. The fourth-order valence-corrected chi connectivity index (χ4v) is 9.40. The van der Waals surface area contributed by atoms with Crippen molar-refractivity contribution in [2.24, 2.45) is 0 Å². The lowest BCUT2D eigenvalue weighted by Gasteiger charge is -2.15. The molecule has 3 aromatic heterocycles. The molecule has 0 aliphatic heterocycles. The molecule has 0 N–H and O–H groups in total. The quantitative estimate of drug-likeness (QED) is 0.168. The molecule has 12 aromatic rings. The molecule has 0 aliphatic rings. The van der Waals surface area contributed by atoms with E-state index in [2.05, 4.69) is 226 Å². The molecule has 9 aromatic carbocycles. The number of fused-ring (bicyclic) bond motifs is 12. The zero-order valence-corrected chi connectivity index (χ0v) is 31.0. The molecule has 3 heteroatoms. The third-order valence-electron chi connectivity index (χ3n) is 11.8. The Morgan fingerprint density at radius 3 is 0.965 bits per heavy atom. The summed E-state index contributed by atoms with van der Waals surface area (Å²) >= 11 is 0. The molecule has 0 radical (unpaired) electrons. The Kier molecular flexibility index (Phi) is 6.93. The zero-order valence-electron chi connectivity index (χ0n) is 31.0. The number of para-hydroxylation sites is 4. The SMILES string of the molecule is c1ccc(-c2ccc(-n3c4ccccc4c4c5c6ccccc6n(-c6ccc(-c7ccccc7)cc6)c5c5c(c6ccccc6n5-c5ccccc5)c43)cc2)cc1. The molecule has 0 amide bonds. The van der Waals surface area contributed by atoms with E-state index < -0.39 is 0 Å². The largest absolute Gasteiger partial charge is 0.309 e. The first kappa shape index (κ1) is 31.7. The molecule has 12 rings (SSSR count). The first-order chi connectivity index (χ1) is 28.3. The van der Waals surface area contributed by atoms with Gasteiger partial charge in [-0.3, -0.25) is 0 Å². The lowest BCUT2D eigenvalue weighted by atomic mass is 10.0. The van der Waals surface area contributed by atoms with Gasteiger partial charge in [-0.25, -0.2) is 0 Å². The zero-order chi connectivity index (χ0) is 37.5. The predicted molar refractivity (Wildman–Crippen MR) is 240 cm³/mol. The van der Waals surface area contributed by atoms with E-state index in [0.717, 1.165) is 17.1 Å². The second kappa shape index (κ2) is 12.5. The number of aromatic nitrogens is 3. The van der Waals surface area contributed by atoms with Crippen molar-refractivity contribution < 1.29 is 0 Å². The van der Waals surface area contributed by atoms with Gasteiger partial charge in [0.2, 0.25) is 0 Å². The molecular weight excluding hydrogens is 691 g/mol. The maximum atomic E-state index is 2.52. The highest BCUT2D eigenvalue weighted by Crippen LogP contribution is 2.50. The second-order valence-electron chi connectivity index (χ2n) is 14.9. The maximum absolute atomic E-state index is 2.52. The number of benzene rings is 9. The summed E-state index contributed by atoms with van der Waals surface area (Å²) in [5.74, 6) is 0. The van der Waals surface area contributed by atoms with Crippen LogP contribution in [0.2, 0.25) is 0 Å². The summed E-state index contributed by atoms with van der Waals surface area (Å²) in [6.45, 7) is 0. The Morgan fingerprint density at radius 2 is 0.509 bits per heavy atom. The van der Waals surface area contributed by atoms with Crippen LogP contribution >= 0.6 is 0 Å². The Balaban J connectivity index is 1.30. The number of hydrogen-bond donors (Lipinski definition) is 0. The predicted octanol–water partition coefficient (Wildman–Crippen LogP) is 14.3. The fourth-order valence-electron chi connectivity index (χ4n) is 9.40. The van der Waals surface area contributed by atoms with Crippen LogP contribution in [0, 0.1) is 0 Å². The third-order valence-corrected chi connectivity index (χ3v) is 11.8. The summed E-state index contributed by atoms with van der Waals surface area (Å²) in [4.78, 5) is 0. The average Bonchev–Trinajstić information content (AvgIpc) is 3.94. The van der Waals surface area contributed by atoms with E-state index in [-0.39, 0.29) is 0 Å². The first-order valence-corrected chi connectivity index (χ1v) is 19.6. The van der Waals surface area contributed by atoms with Gasteiger partial charge in [0, 0.05) is 49.4 Å². The molecule has 0 bridgehead atoms. The minimum absolute atomic E-state index is 1.13. The van der Waals surface area contributed by atoms with Crippen LogP contribution in [-0.2, 0) is 0 Å². The monoisotopic (exact) mass is 725 g/mol. The van der Waals surface area contributed by atoms with Crippen LogP contribution in [0.5, 0.6) is 0 Å². The van der Waals surface area contributed by atoms with Crippen molar-refractivity contribution in [3.05, 3.63) is 212 Å².